The zero-order valence-corrected chi connectivity index (χ0v) is 20.2. The van der Waals surface area contributed by atoms with E-state index in [1.54, 1.807) is 47.4 Å². The third-order valence-corrected chi connectivity index (χ3v) is 6.43. The largest absolute Gasteiger partial charge is 0.457 e. The maximum Gasteiger partial charge on any atom is 0.263 e. The van der Waals surface area contributed by atoms with Crippen molar-refractivity contribution in [3.63, 3.8) is 0 Å². The molecule has 0 fully saturated rings. The molecule has 3 aromatic carbocycles. The highest BCUT2D eigenvalue weighted by molar-refractivity contribution is 6.42. The Hall–Kier alpha value is -3.86. The van der Waals surface area contributed by atoms with Crippen LogP contribution in [-0.2, 0) is 4.79 Å². The normalized spacial score (nSPS) is 14.5. The van der Waals surface area contributed by atoms with E-state index in [-0.39, 0.29) is 11.7 Å². The Kier molecular flexibility index (Phi) is 6.16. The number of Topliss-reactive ketones (excluding diaryl/α,β-unsaturated/α-hetero) is 1. The third kappa shape index (κ3) is 4.59. The van der Waals surface area contributed by atoms with E-state index in [1.165, 1.54) is 6.92 Å². The fraction of sp³-hybridized carbons (Fsp3) is 0.0345. The molecule has 0 N–H and O–H groups in total. The average molecular weight is 500 g/mol. The first-order valence-corrected chi connectivity index (χ1v) is 11.7. The van der Waals surface area contributed by atoms with Crippen LogP contribution in [0, 0.1) is 0 Å². The lowest BCUT2D eigenvalue weighted by Crippen LogP contribution is -2.25. The van der Waals surface area contributed by atoms with Gasteiger partial charge in [-0.15, -0.1) is 0 Å². The van der Waals surface area contributed by atoms with E-state index in [4.69, 9.17) is 27.6 Å². The van der Waals surface area contributed by atoms with Crippen molar-refractivity contribution in [2.45, 2.75) is 6.92 Å². The number of anilines is 1. The second-order valence-electron chi connectivity index (χ2n) is 8.07. The smallest absolute Gasteiger partial charge is 0.263 e. The van der Waals surface area contributed by atoms with Gasteiger partial charge in [0.25, 0.3) is 5.91 Å². The van der Waals surface area contributed by atoms with Crippen molar-refractivity contribution in [2.24, 2.45) is 0 Å². The van der Waals surface area contributed by atoms with Gasteiger partial charge in [0.1, 0.15) is 11.5 Å². The van der Waals surface area contributed by atoms with Gasteiger partial charge in [-0.25, -0.2) is 0 Å². The number of rotatable bonds is 5. The molecule has 4 aromatic rings. The Labute approximate surface area is 212 Å². The number of carbonyl (C=O) groups is 2. The van der Waals surface area contributed by atoms with Gasteiger partial charge in [-0.1, -0.05) is 65.7 Å². The van der Waals surface area contributed by atoms with Crippen LogP contribution in [0.15, 0.2) is 101 Å². The molecule has 1 amide bonds. The van der Waals surface area contributed by atoms with Crippen LogP contribution in [0.2, 0.25) is 10.0 Å². The van der Waals surface area contributed by atoms with E-state index in [2.05, 4.69) is 0 Å². The molecule has 0 saturated carbocycles. The molecule has 1 aliphatic heterocycles. The molecule has 6 heteroatoms. The maximum atomic E-state index is 13.6. The number of ketones is 1. The van der Waals surface area contributed by atoms with Crippen molar-refractivity contribution in [1.82, 2.24) is 0 Å². The predicted octanol–water partition coefficient (Wildman–Crippen LogP) is 7.93. The lowest BCUT2D eigenvalue weighted by Gasteiger charge is -2.21. The molecule has 0 bridgehead atoms. The van der Waals surface area contributed by atoms with Crippen molar-refractivity contribution in [2.75, 3.05) is 4.90 Å². The van der Waals surface area contributed by atoms with E-state index < -0.39 is 0 Å². The van der Waals surface area contributed by atoms with Crippen LogP contribution in [0.3, 0.4) is 0 Å². The zero-order valence-electron chi connectivity index (χ0n) is 18.7. The molecule has 5 rings (SSSR count). The molecular formula is C29H19Cl2NO3. The van der Waals surface area contributed by atoms with E-state index in [0.717, 1.165) is 16.8 Å². The number of furan rings is 1. The Balaban J connectivity index is 1.55. The molecule has 1 aliphatic rings. The third-order valence-electron chi connectivity index (χ3n) is 5.69. The molecular weight excluding hydrogens is 481 g/mol. The second-order valence-corrected chi connectivity index (χ2v) is 8.89. The first kappa shape index (κ1) is 22.9. The second kappa shape index (κ2) is 9.41. The van der Waals surface area contributed by atoms with E-state index in [0.29, 0.717) is 38.4 Å². The zero-order chi connectivity index (χ0) is 24.5. The molecule has 0 atom stereocenters. The summed E-state index contributed by atoms with van der Waals surface area (Å²) in [4.78, 5) is 27.2. The Bertz CT molecular complexity index is 1520. The van der Waals surface area contributed by atoms with Crippen LogP contribution in [-0.4, -0.2) is 11.7 Å². The maximum absolute atomic E-state index is 13.6. The Morgan fingerprint density at radius 1 is 0.857 bits per heavy atom. The molecule has 0 radical (unpaired) electrons. The molecule has 0 spiro atoms. The summed E-state index contributed by atoms with van der Waals surface area (Å²) in [5.41, 5.74) is 4.01. The van der Waals surface area contributed by atoms with Gasteiger partial charge in [0.15, 0.2) is 5.78 Å². The summed E-state index contributed by atoms with van der Waals surface area (Å²) in [7, 11) is 0. The summed E-state index contributed by atoms with van der Waals surface area (Å²) in [5, 5.41) is 0.902. The van der Waals surface area contributed by atoms with Gasteiger partial charge >= 0.3 is 0 Å². The number of halogens is 2. The minimum atomic E-state index is -0.211. The molecule has 172 valence electrons. The van der Waals surface area contributed by atoms with E-state index >= 15 is 0 Å². The van der Waals surface area contributed by atoms with Crippen LogP contribution in [0.4, 0.5) is 5.69 Å². The van der Waals surface area contributed by atoms with Gasteiger partial charge in [-0.3, -0.25) is 14.5 Å². The minimum absolute atomic E-state index is 0.0649. The van der Waals surface area contributed by atoms with Gasteiger partial charge in [-0.2, -0.15) is 0 Å². The number of hydrogen-bond donors (Lipinski definition) is 0. The SMILES string of the molecule is CC(=O)c1cccc(N2C(=O)/C(=C/c3ccc(-c4ccc(Cl)c(Cl)c4)o3)C=C2c2ccccc2)c1. The van der Waals surface area contributed by atoms with Crippen molar-refractivity contribution in [3.05, 3.63) is 124 Å². The van der Waals surface area contributed by atoms with Gasteiger partial charge in [0.2, 0.25) is 0 Å². The number of hydrogen-bond acceptors (Lipinski definition) is 3. The van der Waals surface area contributed by atoms with Crippen molar-refractivity contribution >= 4 is 52.4 Å². The molecule has 1 aromatic heterocycles. The quantitative estimate of drug-likeness (QED) is 0.207. The highest BCUT2D eigenvalue weighted by atomic mass is 35.5. The van der Waals surface area contributed by atoms with E-state index in [1.807, 2.05) is 54.6 Å². The Morgan fingerprint density at radius 2 is 1.66 bits per heavy atom. The van der Waals surface area contributed by atoms with Gasteiger partial charge in [0.05, 0.1) is 15.7 Å². The molecule has 0 unspecified atom stereocenters. The van der Waals surface area contributed by atoms with Gasteiger partial charge < -0.3 is 4.42 Å². The topological polar surface area (TPSA) is 50.5 Å². The molecule has 2 heterocycles. The standard InChI is InChI=1S/C29H19Cl2NO3/c1-18(33)20-8-5-9-23(14-20)32-27(19-6-3-2-4-7-19)17-22(29(32)34)15-24-11-13-28(35-24)21-10-12-25(30)26(31)16-21/h2-17H,1H3/b22-15+. The first-order chi connectivity index (χ1) is 16.9. The van der Waals surface area contributed by atoms with Crippen LogP contribution < -0.4 is 4.90 Å². The first-order valence-electron chi connectivity index (χ1n) is 10.9. The number of carbonyl (C=O) groups excluding carboxylic acids is 2. The summed E-state index contributed by atoms with van der Waals surface area (Å²) in [6.45, 7) is 1.51. The van der Waals surface area contributed by atoms with Crippen molar-refractivity contribution in [3.8, 4) is 11.3 Å². The van der Waals surface area contributed by atoms with Crippen molar-refractivity contribution < 1.29 is 14.0 Å². The van der Waals surface area contributed by atoms with Crippen LogP contribution >= 0.6 is 23.2 Å². The van der Waals surface area contributed by atoms with Gasteiger partial charge in [0, 0.05) is 22.4 Å². The lowest BCUT2D eigenvalue weighted by molar-refractivity contribution is -0.113. The predicted molar refractivity (Wildman–Crippen MR) is 140 cm³/mol. The van der Waals surface area contributed by atoms with Crippen molar-refractivity contribution in [1.29, 1.82) is 0 Å². The number of amides is 1. The Morgan fingerprint density at radius 3 is 2.40 bits per heavy atom. The monoisotopic (exact) mass is 499 g/mol. The fourth-order valence-corrected chi connectivity index (χ4v) is 4.24. The number of benzene rings is 3. The lowest BCUT2D eigenvalue weighted by atomic mass is 10.1. The summed E-state index contributed by atoms with van der Waals surface area (Å²) in [6.07, 6.45) is 3.54. The molecule has 0 aliphatic carbocycles. The summed E-state index contributed by atoms with van der Waals surface area (Å²) >= 11 is 12.2. The minimum Gasteiger partial charge on any atom is -0.457 e. The summed E-state index contributed by atoms with van der Waals surface area (Å²) in [6, 6.07) is 25.6. The van der Waals surface area contributed by atoms with Crippen LogP contribution in [0.1, 0.15) is 28.6 Å². The van der Waals surface area contributed by atoms with Crippen LogP contribution in [0.25, 0.3) is 23.1 Å². The summed E-state index contributed by atoms with van der Waals surface area (Å²) in [5.74, 6) is 0.860. The molecule has 4 nitrogen and oxygen atoms in total. The highest BCUT2D eigenvalue weighted by Gasteiger charge is 2.31. The summed E-state index contributed by atoms with van der Waals surface area (Å²) < 4.78 is 5.98. The fourth-order valence-electron chi connectivity index (χ4n) is 3.95. The van der Waals surface area contributed by atoms with E-state index in [9.17, 15) is 9.59 Å². The van der Waals surface area contributed by atoms with Crippen LogP contribution in [0.5, 0.6) is 0 Å². The molecule has 35 heavy (non-hydrogen) atoms. The molecule has 0 saturated heterocycles. The van der Waals surface area contributed by atoms with Gasteiger partial charge in [-0.05, 0) is 67.1 Å². The average Bonchev–Trinajstić information content (AvgIpc) is 3.46. The highest BCUT2D eigenvalue weighted by Crippen LogP contribution is 2.36. The number of nitrogens with zero attached hydrogens (tertiary/aromatic N) is 1.